The highest BCUT2D eigenvalue weighted by Crippen LogP contribution is 2.21. The molecule has 6 heteroatoms. The Morgan fingerprint density at radius 1 is 1.00 bits per heavy atom. The quantitative estimate of drug-likeness (QED) is 0.331. The van der Waals surface area contributed by atoms with Gasteiger partial charge < -0.3 is 9.15 Å². The molecule has 4 aromatic rings. The molecular weight excluding hydrogens is 394 g/mol. The van der Waals surface area contributed by atoms with Crippen LogP contribution in [-0.2, 0) is 13.2 Å². The van der Waals surface area contributed by atoms with Gasteiger partial charge in [0.15, 0.2) is 11.0 Å². The molecule has 0 aliphatic carbocycles. The molecule has 0 unspecified atom stereocenters. The van der Waals surface area contributed by atoms with Gasteiger partial charge in [-0.05, 0) is 36.8 Å². The molecule has 30 heavy (non-hydrogen) atoms. The zero-order valence-electron chi connectivity index (χ0n) is 16.8. The van der Waals surface area contributed by atoms with Crippen molar-refractivity contribution in [3.8, 4) is 5.75 Å². The van der Waals surface area contributed by atoms with E-state index in [4.69, 9.17) is 9.15 Å². The number of aryl methyl sites for hydroxylation is 1. The van der Waals surface area contributed by atoms with E-state index in [2.05, 4.69) is 41.4 Å². The van der Waals surface area contributed by atoms with Crippen LogP contribution in [0.1, 0.15) is 22.7 Å². The molecule has 5 nitrogen and oxygen atoms in total. The third-order valence-corrected chi connectivity index (χ3v) is 5.41. The molecule has 0 radical (unpaired) electrons. The van der Waals surface area contributed by atoms with Gasteiger partial charge in [-0.1, -0.05) is 71.9 Å². The standard InChI is InChI=1S/C24H23N3O2S/c1-19-11-13-21(14-12-19)29-18-23-25-26-24(27(23)17-22-10-5-15-28-22)30-16-6-9-20-7-3-2-4-8-20/h2-15H,16-18H2,1H3. The summed E-state index contributed by atoms with van der Waals surface area (Å²) in [5.41, 5.74) is 2.38. The summed E-state index contributed by atoms with van der Waals surface area (Å²) >= 11 is 1.64. The second-order valence-corrected chi connectivity index (χ2v) is 7.78. The normalized spacial score (nSPS) is 11.2. The van der Waals surface area contributed by atoms with Crippen LogP contribution in [0.2, 0.25) is 0 Å². The molecule has 2 aromatic carbocycles. The van der Waals surface area contributed by atoms with Gasteiger partial charge in [0.05, 0.1) is 12.8 Å². The Kier molecular flexibility index (Phi) is 6.67. The first-order valence-corrected chi connectivity index (χ1v) is 10.7. The summed E-state index contributed by atoms with van der Waals surface area (Å²) < 4.78 is 13.5. The molecule has 0 bridgehead atoms. The summed E-state index contributed by atoms with van der Waals surface area (Å²) in [6, 6.07) is 22.1. The van der Waals surface area contributed by atoms with Gasteiger partial charge in [-0.2, -0.15) is 0 Å². The first-order chi connectivity index (χ1) is 14.8. The Hall–Kier alpha value is -3.25. The predicted molar refractivity (Wildman–Crippen MR) is 120 cm³/mol. The molecule has 0 saturated heterocycles. The summed E-state index contributed by atoms with van der Waals surface area (Å²) in [5, 5.41) is 9.60. The van der Waals surface area contributed by atoms with E-state index in [0.29, 0.717) is 13.2 Å². The fourth-order valence-electron chi connectivity index (χ4n) is 2.90. The zero-order chi connectivity index (χ0) is 20.6. The molecule has 0 spiro atoms. The van der Waals surface area contributed by atoms with Gasteiger partial charge >= 0.3 is 0 Å². The molecule has 0 aliphatic heterocycles. The maximum Gasteiger partial charge on any atom is 0.192 e. The maximum atomic E-state index is 5.93. The number of aromatic nitrogens is 3. The molecule has 0 fully saturated rings. The molecule has 152 valence electrons. The molecule has 2 heterocycles. The molecule has 0 N–H and O–H groups in total. The lowest BCUT2D eigenvalue weighted by molar-refractivity contribution is 0.287. The highest BCUT2D eigenvalue weighted by molar-refractivity contribution is 7.99. The fraction of sp³-hybridized carbons (Fsp3) is 0.167. The SMILES string of the molecule is Cc1ccc(OCc2nnc(SCC=Cc3ccccc3)n2Cc2ccco2)cc1. The highest BCUT2D eigenvalue weighted by Gasteiger charge is 2.14. The van der Waals surface area contributed by atoms with Crippen molar-refractivity contribution in [1.29, 1.82) is 0 Å². The third kappa shape index (κ3) is 5.42. The van der Waals surface area contributed by atoms with Crippen LogP contribution in [0.15, 0.2) is 88.6 Å². The van der Waals surface area contributed by atoms with E-state index < -0.39 is 0 Å². The number of thioether (sulfide) groups is 1. The molecule has 4 rings (SSSR count). The van der Waals surface area contributed by atoms with Gasteiger partial charge in [-0.15, -0.1) is 10.2 Å². The fourth-order valence-corrected chi connectivity index (χ4v) is 3.67. The van der Waals surface area contributed by atoms with Gasteiger partial charge in [0.2, 0.25) is 0 Å². The molecular formula is C24H23N3O2S. The molecule has 0 amide bonds. The molecule has 2 aromatic heterocycles. The van der Waals surface area contributed by atoms with E-state index in [9.17, 15) is 0 Å². The van der Waals surface area contributed by atoms with Gasteiger partial charge in [0.25, 0.3) is 0 Å². The smallest absolute Gasteiger partial charge is 0.192 e. The topological polar surface area (TPSA) is 53.1 Å². The van der Waals surface area contributed by atoms with E-state index in [1.54, 1.807) is 18.0 Å². The number of benzene rings is 2. The second kappa shape index (κ2) is 9.98. The van der Waals surface area contributed by atoms with Gasteiger partial charge in [-0.3, -0.25) is 4.57 Å². The third-order valence-electron chi connectivity index (χ3n) is 4.49. The van der Waals surface area contributed by atoms with Crippen molar-refractivity contribution in [3.05, 3.63) is 102 Å². The van der Waals surface area contributed by atoms with Crippen LogP contribution in [0.4, 0.5) is 0 Å². The van der Waals surface area contributed by atoms with Crippen LogP contribution in [0.5, 0.6) is 5.75 Å². The first kappa shape index (κ1) is 20.0. The highest BCUT2D eigenvalue weighted by atomic mass is 32.2. The van der Waals surface area contributed by atoms with Crippen LogP contribution < -0.4 is 4.74 Å². The Labute approximate surface area is 180 Å². The summed E-state index contributed by atoms with van der Waals surface area (Å²) in [4.78, 5) is 0. The van der Waals surface area contributed by atoms with E-state index in [-0.39, 0.29) is 0 Å². The number of nitrogens with zero attached hydrogens (tertiary/aromatic N) is 3. The number of rotatable bonds is 9. The summed E-state index contributed by atoms with van der Waals surface area (Å²) in [7, 11) is 0. The van der Waals surface area contributed by atoms with Crippen molar-refractivity contribution in [2.45, 2.75) is 25.2 Å². The van der Waals surface area contributed by atoms with Crippen LogP contribution in [-0.4, -0.2) is 20.5 Å². The lowest BCUT2D eigenvalue weighted by atomic mass is 10.2. The summed E-state index contributed by atoms with van der Waals surface area (Å²) in [6.45, 7) is 2.97. The van der Waals surface area contributed by atoms with Crippen molar-refractivity contribution in [2.24, 2.45) is 0 Å². The predicted octanol–water partition coefficient (Wildman–Crippen LogP) is 5.61. The lowest BCUT2D eigenvalue weighted by Gasteiger charge is -2.10. The van der Waals surface area contributed by atoms with E-state index in [0.717, 1.165) is 28.2 Å². The zero-order valence-corrected chi connectivity index (χ0v) is 17.6. The molecule has 0 atom stereocenters. The largest absolute Gasteiger partial charge is 0.486 e. The van der Waals surface area contributed by atoms with E-state index in [1.165, 1.54) is 11.1 Å². The molecule has 0 saturated carbocycles. The number of furan rings is 1. The van der Waals surface area contributed by atoms with Crippen molar-refractivity contribution in [2.75, 3.05) is 5.75 Å². The first-order valence-electron chi connectivity index (χ1n) is 9.76. The Morgan fingerprint density at radius 2 is 1.83 bits per heavy atom. The minimum atomic E-state index is 0.344. The van der Waals surface area contributed by atoms with Crippen molar-refractivity contribution in [3.63, 3.8) is 0 Å². The Bertz CT molecular complexity index is 1070. The monoisotopic (exact) mass is 417 g/mol. The average Bonchev–Trinajstić information content (AvgIpc) is 3.42. The number of hydrogen-bond donors (Lipinski definition) is 0. The summed E-state index contributed by atoms with van der Waals surface area (Å²) in [5.74, 6) is 3.23. The van der Waals surface area contributed by atoms with Gasteiger partial charge in [-0.25, -0.2) is 0 Å². The average molecular weight is 418 g/mol. The van der Waals surface area contributed by atoms with Gasteiger partial charge in [0.1, 0.15) is 18.1 Å². The Morgan fingerprint density at radius 3 is 2.60 bits per heavy atom. The Balaban J connectivity index is 1.45. The van der Waals surface area contributed by atoms with E-state index in [1.807, 2.05) is 59.2 Å². The molecule has 0 aliphatic rings. The van der Waals surface area contributed by atoms with Crippen LogP contribution in [0.25, 0.3) is 6.08 Å². The number of ether oxygens (including phenoxy) is 1. The van der Waals surface area contributed by atoms with Crippen LogP contribution >= 0.6 is 11.8 Å². The maximum absolute atomic E-state index is 5.93. The van der Waals surface area contributed by atoms with Crippen molar-refractivity contribution < 1.29 is 9.15 Å². The number of hydrogen-bond acceptors (Lipinski definition) is 5. The minimum absolute atomic E-state index is 0.344. The second-order valence-electron chi connectivity index (χ2n) is 6.79. The van der Waals surface area contributed by atoms with Crippen LogP contribution in [0.3, 0.4) is 0 Å². The van der Waals surface area contributed by atoms with E-state index >= 15 is 0 Å². The lowest BCUT2D eigenvalue weighted by Crippen LogP contribution is -2.09. The minimum Gasteiger partial charge on any atom is -0.486 e. The van der Waals surface area contributed by atoms with Gasteiger partial charge in [0, 0.05) is 5.75 Å². The van der Waals surface area contributed by atoms with Crippen LogP contribution in [0, 0.1) is 6.92 Å². The van der Waals surface area contributed by atoms with Crippen molar-refractivity contribution in [1.82, 2.24) is 14.8 Å². The van der Waals surface area contributed by atoms with Crippen molar-refractivity contribution >= 4 is 17.8 Å². The summed E-state index contributed by atoms with van der Waals surface area (Å²) in [6.07, 6.45) is 5.92.